The Bertz CT molecular complexity index is 686. The van der Waals surface area contributed by atoms with Gasteiger partial charge in [-0.1, -0.05) is 58.4 Å². The highest BCUT2D eigenvalue weighted by Gasteiger charge is 2.16. The van der Waals surface area contributed by atoms with Crippen LogP contribution in [0.3, 0.4) is 0 Å². The lowest BCUT2D eigenvalue weighted by molar-refractivity contribution is 0.589. The summed E-state index contributed by atoms with van der Waals surface area (Å²) in [5.41, 5.74) is 4.44. The van der Waals surface area contributed by atoms with E-state index in [0.29, 0.717) is 0 Å². The topological polar surface area (TPSA) is 13.1 Å². The van der Waals surface area contributed by atoms with Crippen LogP contribution in [0.25, 0.3) is 22.1 Å². The second-order valence-electron chi connectivity index (χ2n) is 4.04. The van der Waals surface area contributed by atoms with Gasteiger partial charge in [0.2, 0.25) is 0 Å². The highest BCUT2D eigenvalue weighted by molar-refractivity contribution is 9.10. The van der Waals surface area contributed by atoms with E-state index in [4.69, 9.17) is 4.42 Å². The lowest BCUT2D eigenvalue weighted by Crippen LogP contribution is -1.82. The molecular formula is C15H10Br2O. The van der Waals surface area contributed by atoms with Gasteiger partial charge in [-0.2, -0.15) is 0 Å². The molecule has 0 aliphatic rings. The van der Waals surface area contributed by atoms with Gasteiger partial charge < -0.3 is 4.42 Å². The number of halogens is 2. The van der Waals surface area contributed by atoms with Crippen molar-refractivity contribution >= 4 is 42.8 Å². The molecule has 1 nitrogen and oxygen atoms in total. The van der Waals surface area contributed by atoms with Gasteiger partial charge in [0.25, 0.3) is 0 Å². The molecule has 1 aromatic heterocycles. The number of hydrogen-bond donors (Lipinski definition) is 0. The summed E-state index contributed by atoms with van der Waals surface area (Å²) in [5, 5.41) is 1.99. The minimum absolute atomic E-state index is 0.789. The van der Waals surface area contributed by atoms with E-state index in [1.807, 2.05) is 30.3 Å². The molecule has 0 saturated heterocycles. The zero-order valence-corrected chi connectivity index (χ0v) is 12.7. The third-order valence-electron chi connectivity index (χ3n) is 2.97. The molecule has 3 heteroatoms. The second kappa shape index (κ2) is 4.90. The van der Waals surface area contributed by atoms with E-state index in [1.54, 1.807) is 0 Å². The van der Waals surface area contributed by atoms with E-state index in [9.17, 15) is 0 Å². The Kier molecular flexibility index (Phi) is 3.27. The van der Waals surface area contributed by atoms with Crippen molar-refractivity contribution in [1.82, 2.24) is 0 Å². The normalized spacial score (nSPS) is 11.0. The first-order valence-corrected chi connectivity index (χ1v) is 7.54. The van der Waals surface area contributed by atoms with Crippen LogP contribution in [-0.2, 0) is 5.33 Å². The number of hydrogen-bond acceptors (Lipinski definition) is 1. The van der Waals surface area contributed by atoms with Gasteiger partial charge in [0.05, 0.1) is 0 Å². The predicted molar refractivity (Wildman–Crippen MR) is 82.0 cm³/mol. The van der Waals surface area contributed by atoms with E-state index in [1.165, 1.54) is 10.9 Å². The molecule has 0 amide bonds. The molecule has 18 heavy (non-hydrogen) atoms. The Morgan fingerprint density at radius 1 is 0.944 bits per heavy atom. The van der Waals surface area contributed by atoms with Crippen LogP contribution in [-0.4, -0.2) is 0 Å². The SMILES string of the molecule is BrCc1cccc2oc(Br)c(-c3ccccc3)c12. The van der Waals surface area contributed by atoms with Crippen LogP contribution in [0.2, 0.25) is 0 Å². The van der Waals surface area contributed by atoms with Gasteiger partial charge in [-0.15, -0.1) is 0 Å². The molecule has 0 radical (unpaired) electrons. The Balaban J connectivity index is 2.38. The van der Waals surface area contributed by atoms with Crippen LogP contribution in [0.5, 0.6) is 0 Å². The first-order chi connectivity index (χ1) is 8.81. The number of alkyl halides is 1. The van der Waals surface area contributed by atoms with E-state index < -0.39 is 0 Å². The van der Waals surface area contributed by atoms with E-state index >= 15 is 0 Å². The molecule has 0 spiro atoms. The second-order valence-corrected chi connectivity index (χ2v) is 5.32. The molecule has 3 aromatic rings. The lowest BCUT2D eigenvalue weighted by atomic mass is 10.0. The zero-order valence-electron chi connectivity index (χ0n) is 9.49. The van der Waals surface area contributed by atoms with Gasteiger partial charge in [-0.25, -0.2) is 0 Å². The van der Waals surface area contributed by atoms with Crippen molar-refractivity contribution in [2.75, 3.05) is 0 Å². The maximum atomic E-state index is 5.79. The minimum Gasteiger partial charge on any atom is -0.449 e. The van der Waals surface area contributed by atoms with Crippen molar-refractivity contribution in [3.05, 3.63) is 58.8 Å². The number of fused-ring (bicyclic) bond motifs is 1. The summed E-state index contributed by atoms with van der Waals surface area (Å²) in [4.78, 5) is 0. The van der Waals surface area contributed by atoms with Crippen LogP contribution in [0.1, 0.15) is 5.56 Å². The lowest BCUT2D eigenvalue weighted by Gasteiger charge is -2.02. The summed E-state index contributed by atoms with van der Waals surface area (Å²) < 4.78 is 6.58. The molecule has 0 aliphatic carbocycles. The summed E-state index contributed by atoms with van der Waals surface area (Å²) in [7, 11) is 0. The largest absolute Gasteiger partial charge is 0.449 e. The fourth-order valence-corrected chi connectivity index (χ4v) is 3.23. The highest BCUT2D eigenvalue weighted by atomic mass is 79.9. The zero-order chi connectivity index (χ0) is 12.5. The van der Waals surface area contributed by atoms with Crippen LogP contribution >= 0.6 is 31.9 Å². The van der Waals surface area contributed by atoms with Gasteiger partial charge in [0.15, 0.2) is 4.67 Å². The minimum atomic E-state index is 0.789. The van der Waals surface area contributed by atoms with Gasteiger partial charge in [-0.3, -0.25) is 0 Å². The van der Waals surface area contributed by atoms with Crippen LogP contribution in [0, 0.1) is 0 Å². The highest BCUT2D eigenvalue weighted by Crippen LogP contribution is 2.40. The number of benzene rings is 2. The predicted octanol–water partition coefficient (Wildman–Crippen LogP) is 5.76. The van der Waals surface area contributed by atoms with Crippen LogP contribution in [0.15, 0.2) is 57.6 Å². The molecule has 0 aliphatic heterocycles. The quantitative estimate of drug-likeness (QED) is 0.526. The van der Waals surface area contributed by atoms with Crippen molar-refractivity contribution in [2.45, 2.75) is 5.33 Å². The van der Waals surface area contributed by atoms with E-state index in [2.05, 4.69) is 50.1 Å². The molecule has 90 valence electrons. The Morgan fingerprint density at radius 3 is 2.44 bits per heavy atom. The summed E-state index contributed by atoms with van der Waals surface area (Å²) >= 11 is 7.07. The third-order valence-corrected chi connectivity index (χ3v) is 4.13. The number of rotatable bonds is 2. The molecule has 0 fully saturated rings. The molecule has 1 heterocycles. The molecule has 0 unspecified atom stereocenters. The first-order valence-electron chi connectivity index (χ1n) is 5.62. The van der Waals surface area contributed by atoms with Crippen molar-refractivity contribution in [2.24, 2.45) is 0 Å². The Labute approximate surface area is 122 Å². The summed E-state index contributed by atoms with van der Waals surface area (Å²) in [6.07, 6.45) is 0. The molecule has 0 N–H and O–H groups in total. The molecule has 0 atom stereocenters. The van der Waals surface area contributed by atoms with E-state index in [0.717, 1.165) is 26.7 Å². The molecule has 0 saturated carbocycles. The van der Waals surface area contributed by atoms with Gasteiger partial charge in [0, 0.05) is 16.3 Å². The molecular weight excluding hydrogens is 356 g/mol. The number of furan rings is 1. The summed E-state index contributed by atoms with van der Waals surface area (Å²) in [6, 6.07) is 16.4. The average molecular weight is 366 g/mol. The van der Waals surface area contributed by atoms with Crippen molar-refractivity contribution < 1.29 is 4.42 Å². The van der Waals surface area contributed by atoms with Crippen LogP contribution < -0.4 is 0 Å². The van der Waals surface area contributed by atoms with Crippen molar-refractivity contribution in [3.63, 3.8) is 0 Å². The molecule has 3 rings (SSSR count). The fraction of sp³-hybridized carbons (Fsp3) is 0.0667. The van der Waals surface area contributed by atoms with Gasteiger partial charge >= 0.3 is 0 Å². The van der Waals surface area contributed by atoms with Crippen LogP contribution in [0.4, 0.5) is 0 Å². The first kappa shape index (κ1) is 12.0. The average Bonchev–Trinajstić information content (AvgIpc) is 2.75. The molecule has 0 bridgehead atoms. The monoisotopic (exact) mass is 364 g/mol. The Hall–Kier alpha value is -1.06. The van der Waals surface area contributed by atoms with Crippen molar-refractivity contribution in [1.29, 1.82) is 0 Å². The smallest absolute Gasteiger partial charge is 0.178 e. The maximum absolute atomic E-state index is 5.79. The standard InChI is InChI=1S/C15H10Br2O/c16-9-11-7-4-8-12-13(11)14(15(17)18-12)10-5-2-1-3-6-10/h1-8H,9H2. The molecule has 2 aromatic carbocycles. The van der Waals surface area contributed by atoms with Gasteiger partial charge in [-0.05, 0) is 33.1 Å². The third kappa shape index (κ3) is 1.91. The maximum Gasteiger partial charge on any atom is 0.178 e. The fourth-order valence-electron chi connectivity index (χ4n) is 2.17. The van der Waals surface area contributed by atoms with Crippen molar-refractivity contribution in [3.8, 4) is 11.1 Å². The summed E-state index contributed by atoms with van der Waals surface area (Å²) in [5.74, 6) is 0. The Morgan fingerprint density at radius 2 is 1.72 bits per heavy atom. The van der Waals surface area contributed by atoms with Gasteiger partial charge in [0.1, 0.15) is 5.58 Å². The summed E-state index contributed by atoms with van der Waals surface area (Å²) in [6.45, 7) is 0. The van der Waals surface area contributed by atoms with E-state index in [-0.39, 0.29) is 0 Å².